The summed E-state index contributed by atoms with van der Waals surface area (Å²) < 4.78 is 15.7. The Morgan fingerprint density at radius 2 is 1.61 bits per heavy atom. The Bertz CT molecular complexity index is 1990. The number of urea groups is 2. The highest BCUT2D eigenvalue weighted by Gasteiger charge is 2.35. The van der Waals surface area contributed by atoms with E-state index < -0.39 is 5.91 Å². The molecule has 5 saturated heterocycles. The van der Waals surface area contributed by atoms with Gasteiger partial charge in [0.2, 0.25) is 11.9 Å². The molecule has 3 aromatic rings. The fraction of sp³-hybridized carbons (Fsp3) is 0.513. The fourth-order valence-corrected chi connectivity index (χ4v) is 8.64. The number of imide groups is 1. The summed E-state index contributed by atoms with van der Waals surface area (Å²) in [4.78, 5) is 67.4. The number of piperidine rings is 2. The van der Waals surface area contributed by atoms with Crippen LogP contribution in [0.5, 0.6) is 0 Å². The van der Waals surface area contributed by atoms with Crippen molar-refractivity contribution in [2.45, 2.75) is 38.1 Å². The van der Waals surface area contributed by atoms with E-state index in [1.54, 1.807) is 29.0 Å². The highest BCUT2D eigenvalue weighted by atomic mass is 19.1. The van der Waals surface area contributed by atoms with Crippen molar-refractivity contribution >= 4 is 58.4 Å². The lowest BCUT2D eigenvalue weighted by atomic mass is 9.95. The van der Waals surface area contributed by atoms with Gasteiger partial charge in [0, 0.05) is 109 Å². The van der Waals surface area contributed by atoms with E-state index in [4.69, 9.17) is 5.73 Å². The van der Waals surface area contributed by atoms with Gasteiger partial charge in [-0.2, -0.15) is 4.98 Å². The van der Waals surface area contributed by atoms with Gasteiger partial charge in [0.15, 0.2) is 11.5 Å². The first-order chi connectivity index (χ1) is 27.6. The van der Waals surface area contributed by atoms with Crippen molar-refractivity contribution in [2.24, 2.45) is 11.7 Å². The average Bonchev–Trinajstić information content (AvgIpc) is 3.55. The second-order valence-corrected chi connectivity index (χ2v) is 15.6. The third kappa shape index (κ3) is 8.36. The first-order valence-electron chi connectivity index (χ1n) is 19.9. The number of aromatic nitrogens is 3. The Balaban J connectivity index is 0.824. The lowest BCUT2D eigenvalue weighted by molar-refractivity contribution is -0.120. The smallest absolute Gasteiger partial charge is 0.328 e. The Kier molecular flexibility index (Phi) is 10.9. The number of hydrogen-bond acceptors (Lipinski definition) is 12. The van der Waals surface area contributed by atoms with Gasteiger partial charge in [0.25, 0.3) is 5.91 Å². The van der Waals surface area contributed by atoms with E-state index in [-0.39, 0.29) is 41.3 Å². The second kappa shape index (κ2) is 16.4. The number of rotatable bonds is 10. The summed E-state index contributed by atoms with van der Waals surface area (Å²) in [5.41, 5.74) is 8.32. The minimum Gasteiger partial charge on any atom is -0.372 e. The van der Waals surface area contributed by atoms with Gasteiger partial charge >= 0.3 is 12.1 Å². The topological polar surface area (TPSA) is 180 Å². The Morgan fingerprint density at radius 3 is 2.30 bits per heavy atom. The number of nitrogens with one attached hydrogen (secondary N) is 2. The number of anilines is 6. The number of benzene rings is 2. The number of halogens is 1. The minimum absolute atomic E-state index is 0.0132. The van der Waals surface area contributed by atoms with Crippen LogP contribution in [-0.2, 0) is 4.79 Å². The van der Waals surface area contributed by atoms with Crippen LogP contribution in [0, 0.1) is 11.7 Å². The van der Waals surface area contributed by atoms with E-state index in [1.807, 2.05) is 34.1 Å². The van der Waals surface area contributed by atoms with Crippen LogP contribution in [0.1, 0.15) is 42.6 Å². The summed E-state index contributed by atoms with van der Waals surface area (Å²) in [7, 11) is 1.80. The predicted molar refractivity (Wildman–Crippen MR) is 214 cm³/mol. The zero-order valence-corrected chi connectivity index (χ0v) is 32.3. The summed E-state index contributed by atoms with van der Waals surface area (Å²) in [5.74, 6) is -0.438. The summed E-state index contributed by atoms with van der Waals surface area (Å²) in [6.07, 6.45) is 4.18. The maximum Gasteiger partial charge on any atom is 0.328 e. The Morgan fingerprint density at radius 1 is 0.860 bits per heavy atom. The van der Waals surface area contributed by atoms with Crippen LogP contribution in [-0.4, -0.2) is 145 Å². The van der Waals surface area contributed by atoms with Gasteiger partial charge in [0.05, 0.1) is 11.7 Å². The van der Waals surface area contributed by atoms with E-state index in [0.717, 1.165) is 69.8 Å². The van der Waals surface area contributed by atoms with Crippen molar-refractivity contribution < 1.29 is 23.6 Å². The van der Waals surface area contributed by atoms with E-state index >= 15 is 4.39 Å². The van der Waals surface area contributed by atoms with Crippen molar-refractivity contribution in [1.29, 1.82) is 0 Å². The third-order valence-electron chi connectivity index (χ3n) is 11.9. The van der Waals surface area contributed by atoms with Gasteiger partial charge in [-0.3, -0.25) is 24.7 Å². The summed E-state index contributed by atoms with van der Waals surface area (Å²) >= 11 is 0. The molecule has 17 nitrogen and oxygen atoms in total. The van der Waals surface area contributed by atoms with Crippen LogP contribution >= 0.6 is 0 Å². The maximum atomic E-state index is 15.7. The predicted octanol–water partition coefficient (Wildman–Crippen LogP) is 2.67. The largest absolute Gasteiger partial charge is 0.372 e. The van der Waals surface area contributed by atoms with E-state index in [9.17, 15) is 19.2 Å². The zero-order chi connectivity index (χ0) is 39.6. The van der Waals surface area contributed by atoms with Gasteiger partial charge in [-0.05, 0) is 74.1 Å². The SMILES string of the molecule is CN1CCN([C@@H]2CCCN(c3nnc(C(N)=O)c(Nc4ccc(N5CCN(CC6CCN(c7ccc(N8CCC(=O)NC8=O)cc7)CC6)CC5)c(F)c4)n3)C2)C1=O. The molecule has 1 aromatic heterocycles. The molecule has 1 atom stereocenters. The van der Waals surface area contributed by atoms with Crippen molar-refractivity contribution in [1.82, 2.24) is 35.2 Å². The number of likely N-dealkylation sites (N-methyl/N-ethyl adjacent to an activating group) is 1. The van der Waals surface area contributed by atoms with Crippen molar-refractivity contribution in [3.63, 3.8) is 0 Å². The molecule has 6 amide bonds. The molecule has 5 fully saturated rings. The van der Waals surface area contributed by atoms with Crippen molar-refractivity contribution in [3.8, 4) is 0 Å². The van der Waals surface area contributed by atoms with E-state index in [1.165, 1.54) is 6.07 Å². The summed E-state index contributed by atoms with van der Waals surface area (Å²) in [5, 5.41) is 13.7. The standard InChI is InChI=1S/C39H50FN13O4/c1-47-17-22-53(39(47)57)30-3-2-13-51(25-30)37-44-36(34(35(41)55)45-46-37)42-27-4-9-32(31(40)23-27)50-20-18-48(19-21-50)24-26-10-14-49(15-11-26)28-5-7-29(8-6-28)52-16-12-33(54)43-38(52)56/h4-9,23,26,30H,2-3,10-22,24-25H2,1H3,(H2,41,55)(H,42,44,46)(H,43,54,56)/t30-/m1/s1. The molecule has 57 heavy (non-hydrogen) atoms. The van der Waals surface area contributed by atoms with Crippen LogP contribution in [0.2, 0.25) is 0 Å². The van der Waals surface area contributed by atoms with Crippen LogP contribution in [0.3, 0.4) is 0 Å². The van der Waals surface area contributed by atoms with Crippen LogP contribution in [0.25, 0.3) is 0 Å². The van der Waals surface area contributed by atoms with Gasteiger partial charge in [0.1, 0.15) is 5.82 Å². The second-order valence-electron chi connectivity index (χ2n) is 15.6. The first kappa shape index (κ1) is 38.1. The number of nitrogens with two attached hydrogens (primary N) is 1. The minimum atomic E-state index is -0.802. The average molecular weight is 784 g/mol. The molecule has 0 radical (unpaired) electrons. The molecule has 0 aliphatic carbocycles. The number of hydrogen-bond donors (Lipinski definition) is 3. The molecule has 0 unspecified atom stereocenters. The molecule has 0 saturated carbocycles. The summed E-state index contributed by atoms with van der Waals surface area (Å²) in [6, 6.07) is 12.5. The molecule has 2 aromatic carbocycles. The lowest BCUT2D eigenvalue weighted by Gasteiger charge is -2.40. The van der Waals surface area contributed by atoms with Gasteiger partial charge in [-0.1, -0.05) is 0 Å². The van der Waals surface area contributed by atoms with Crippen LogP contribution < -0.4 is 36.0 Å². The number of primary amides is 1. The van der Waals surface area contributed by atoms with Crippen molar-refractivity contribution in [3.05, 3.63) is 54.0 Å². The monoisotopic (exact) mass is 783 g/mol. The molecule has 302 valence electrons. The van der Waals surface area contributed by atoms with Gasteiger partial charge < -0.3 is 35.6 Å². The van der Waals surface area contributed by atoms with Crippen molar-refractivity contribution in [2.75, 3.05) is 111 Å². The van der Waals surface area contributed by atoms with Gasteiger partial charge in [-0.25, -0.2) is 14.0 Å². The van der Waals surface area contributed by atoms with E-state index in [2.05, 4.69) is 40.5 Å². The number of carbonyl (C=O) groups is 4. The molecule has 0 spiro atoms. The summed E-state index contributed by atoms with van der Waals surface area (Å²) in [6.45, 7) is 8.99. The van der Waals surface area contributed by atoms with Gasteiger partial charge in [-0.15, -0.1) is 10.2 Å². The molecular formula is C39H50FN13O4. The molecule has 8 rings (SSSR count). The molecule has 0 bridgehead atoms. The fourth-order valence-electron chi connectivity index (χ4n) is 8.64. The molecular weight excluding hydrogens is 734 g/mol. The quantitative estimate of drug-likeness (QED) is 0.274. The number of piperazine rings is 1. The van der Waals surface area contributed by atoms with E-state index in [0.29, 0.717) is 75.5 Å². The Hall–Kier alpha value is -5.78. The van der Waals surface area contributed by atoms with Crippen LogP contribution in [0.15, 0.2) is 42.5 Å². The normalized spacial score (nSPS) is 21.4. The lowest BCUT2D eigenvalue weighted by Crippen LogP contribution is -2.49. The molecule has 5 aliphatic rings. The molecule has 6 heterocycles. The number of nitrogens with zero attached hydrogens (tertiary/aromatic N) is 10. The maximum absolute atomic E-state index is 15.7. The highest BCUT2D eigenvalue weighted by Crippen LogP contribution is 2.30. The molecule has 5 aliphatic heterocycles. The molecule has 4 N–H and O–H groups in total. The highest BCUT2D eigenvalue weighted by molar-refractivity contribution is 6.05. The zero-order valence-electron chi connectivity index (χ0n) is 32.3. The van der Waals surface area contributed by atoms with Crippen LogP contribution in [0.4, 0.5) is 48.5 Å². The number of amides is 6. The number of carbonyl (C=O) groups excluding carboxylic acids is 4. The Labute approximate surface area is 330 Å². The molecule has 18 heteroatoms. The first-order valence-corrected chi connectivity index (χ1v) is 19.9. The third-order valence-corrected chi connectivity index (χ3v) is 11.9.